The Kier molecular flexibility index (Phi) is 5.17. The van der Waals surface area contributed by atoms with Gasteiger partial charge in [0.15, 0.2) is 0 Å². The summed E-state index contributed by atoms with van der Waals surface area (Å²) in [7, 11) is 0. The van der Waals surface area contributed by atoms with E-state index in [9.17, 15) is 0 Å². The van der Waals surface area contributed by atoms with Crippen molar-refractivity contribution in [3.8, 4) is 0 Å². The van der Waals surface area contributed by atoms with Crippen LogP contribution in [0, 0.1) is 0 Å². The molecule has 2 heterocycles. The van der Waals surface area contributed by atoms with Gasteiger partial charge in [-0.05, 0) is 36.5 Å². The van der Waals surface area contributed by atoms with E-state index >= 15 is 0 Å². The summed E-state index contributed by atoms with van der Waals surface area (Å²) in [5.41, 5.74) is 1.12. The normalized spacial score (nSPS) is 12.6. The highest BCUT2D eigenvalue weighted by Crippen LogP contribution is 2.24. The van der Waals surface area contributed by atoms with Crippen LogP contribution in [0.3, 0.4) is 0 Å². The number of likely N-dealkylation sites (N-methyl/N-ethyl adjacent to an activating group) is 1. The summed E-state index contributed by atoms with van der Waals surface area (Å²) < 4.78 is 0. The maximum atomic E-state index is 6.15. The van der Waals surface area contributed by atoms with Crippen LogP contribution in [0.5, 0.6) is 0 Å². The number of hydrogen-bond acceptors (Lipinski definition) is 3. The molecule has 0 saturated carbocycles. The van der Waals surface area contributed by atoms with E-state index in [1.165, 1.54) is 4.88 Å². The smallest absolute Gasteiger partial charge is 0.0545 e. The molecule has 0 bridgehead atoms. The molecule has 1 N–H and O–H groups in total. The molecule has 0 aliphatic rings. The molecule has 4 heteroatoms. The SMILES string of the molecule is CCNC(Cc1ccccn1)Cc1sccc1Cl. The van der Waals surface area contributed by atoms with E-state index < -0.39 is 0 Å². The van der Waals surface area contributed by atoms with Gasteiger partial charge in [-0.25, -0.2) is 0 Å². The Labute approximate surface area is 117 Å². The minimum absolute atomic E-state index is 0.390. The molecule has 0 amide bonds. The van der Waals surface area contributed by atoms with Gasteiger partial charge in [0.05, 0.1) is 5.02 Å². The predicted molar refractivity (Wildman–Crippen MR) is 78.4 cm³/mol. The zero-order valence-electron chi connectivity index (χ0n) is 10.4. The van der Waals surface area contributed by atoms with E-state index in [-0.39, 0.29) is 0 Å². The van der Waals surface area contributed by atoms with Gasteiger partial charge in [0.2, 0.25) is 0 Å². The van der Waals surface area contributed by atoms with Gasteiger partial charge in [-0.15, -0.1) is 11.3 Å². The van der Waals surface area contributed by atoms with Crippen LogP contribution in [0.1, 0.15) is 17.5 Å². The van der Waals surface area contributed by atoms with Crippen molar-refractivity contribution in [3.63, 3.8) is 0 Å². The van der Waals surface area contributed by atoms with Crippen LogP contribution in [0.15, 0.2) is 35.8 Å². The van der Waals surface area contributed by atoms with Crippen molar-refractivity contribution in [1.82, 2.24) is 10.3 Å². The summed E-state index contributed by atoms with van der Waals surface area (Å²) in [6, 6.07) is 8.40. The van der Waals surface area contributed by atoms with Crippen molar-refractivity contribution in [2.75, 3.05) is 6.54 Å². The predicted octanol–water partition coefficient (Wildman–Crippen LogP) is 3.56. The number of aromatic nitrogens is 1. The Morgan fingerprint density at radius 2 is 2.22 bits per heavy atom. The Bertz CT molecular complexity index is 470. The van der Waals surface area contributed by atoms with Gasteiger partial charge in [-0.1, -0.05) is 24.6 Å². The van der Waals surface area contributed by atoms with Gasteiger partial charge < -0.3 is 5.32 Å². The second-order valence-electron chi connectivity index (χ2n) is 4.18. The number of rotatable bonds is 6. The summed E-state index contributed by atoms with van der Waals surface area (Å²) in [5, 5.41) is 6.43. The van der Waals surface area contributed by atoms with Crippen LogP contribution in [0.4, 0.5) is 0 Å². The quantitative estimate of drug-likeness (QED) is 0.875. The maximum absolute atomic E-state index is 6.15. The second kappa shape index (κ2) is 6.88. The fourth-order valence-electron chi connectivity index (χ4n) is 1.97. The van der Waals surface area contributed by atoms with E-state index in [0.29, 0.717) is 6.04 Å². The fourth-order valence-corrected chi connectivity index (χ4v) is 3.17. The van der Waals surface area contributed by atoms with Crippen molar-refractivity contribution in [2.24, 2.45) is 0 Å². The summed E-state index contributed by atoms with van der Waals surface area (Å²) in [6.45, 7) is 3.09. The van der Waals surface area contributed by atoms with Crippen molar-refractivity contribution >= 4 is 22.9 Å². The zero-order chi connectivity index (χ0) is 12.8. The Balaban J connectivity index is 2.02. The third kappa shape index (κ3) is 3.80. The van der Waals surface area contributed by atoms with Crippen LogP contribution in [-0.2, 0) is 12.8 Å². The van der Waals surface area contributed by atoms with Gasteiger partial charge in [0.1, 0.15) is 0 Å². The van der Waals surface area contributed by atoms with Crippen molar-refractivity contribution in [2.45, 2.75) is 25.8 Å². The molecule has 0 radical (unpaired) electrons. The second-order valence-corrected chi connectivity index (χ2v) is 5.58. The first-order valence-electron chi connectivity index (χ1n) is 6.14. The average Bonchev–Trinajstić information content (AvgIpc) is 2.77. The maximum Gasteiger partial charge on any atom is 0.0545 e. The Morgan fingerprint density at radius 1 is 1.33 bits per heavy atom. The van der Waals surface area contributed by atoms with Gasteiger partial charge in [0.25, 0.3) is 0 Å². The number of hydrogen-bond donors (Lipinski definition) is 1. The highest BCUT2D eigenvalue weighted by Gasteiger charge is 2.13. The van der Waals surface area contributed by atoms with Crippen LogP contribution >= 0.6 is 22.9 Å². The molecular weight excluding hydrogens is 264 g/mol. The minimum Gasteiger partial charge on any atom is -0.314 e. The van der Waals surface area contributed by atoms with E-state index in [1.807, 2.05) is 29.8 Å². The van der Waals surface area contributed by atoms with Gasteiger partial charge in [-0.3, -0.25) is 4.98 Å². The van der Waals surface area contributed by atoms with Crippen molar-refractivity contribution in [1.29, 1.82) is 0 Å². The molecule has 2 aromatic rings. The van der Waals surface area contributed by atoms with E-state index in [0.717, 1.165) is 30.1 Å². The lowest BCUT2D eigenvalue weighted by molar-refractivity contribution is 0.519. The third-order valence-corrected chi connectivity index (χ3v) is 4.21. The summed E-state index contributed by atoms with van der Waals surface area (Å²) in [6.07, 6.45) is 3.74. The van der Waals surface area contributed by atoms with Crippen LogP contribution in [-0.4, -0.2) is 17.6 Å². The molecule has 0 saturated heterocycles. The van der Waals surface area contributed by atoms with Crippen LogP contribution < -0.4 is 5.32 Å². The minimum atomic E-state index is 0.390. The Morgan fingerprint density at radius 3 is 2.83 bits per heavy atom. The molecule has 0 spiro atoms. The molecule has 2 aromatic heterocycles. The molecule has 2 rings (SSSR count). The third-order valence-electron chi connectivity index (χ3n) is 2.80. The molecular formula is C14H17ClN2S. The lowest BCUT2D eigenvalue weighted by Gasteiger charge is -2.17. The summed E-state index contributed by atoms with van der Waals surface area (Å²) in [5.74, 6) is 0. The molecule has 1 unspecified atom stereocenters. The zero-order valence-corrected chi connectivity index (χ0v) is 12.0. The number of thiophene rings is 1. The largest absolute Gasteiger partial charge is 0.314 e. The van der Waals surface area contributed by atoms with Gasteiger partial charge >= 0.3 is 0 Å². The summed E-state index contributed by atoms with van der Waals surface area (Å²) in [4.78, 5) is 5.63. The van der Waals surface area contributed by atoms with Gasteiger partial charge in [0, 0.05) is 29.2 Å². The Hall–Kier alpha value is -0.900. The van der Waals surface area contributed by atoms with Gasteiger partial charge in [-0.2, -0.15) is 0 Å². The molecule has 0 aliphatic carbocycles. The van der Waals surface area contributed by atoms with E-state index in [1.54, 1.807) is 11.3 Å². The molecule has 0 aliphatic heterocycles. The molecule has 0 aromatic carbocycles. The number of nitrogens with zero attached hydrogens (tertiary/aromatic N) is 1. The number of pyridine rings is 1. The first kappa shape index (κ1) is 13.5. The van der Waals surface area contributed by atoms with E-state index in [4.69, 9.17) is 11.6 Å². The first-order chi connectivity index (χ1) is 8.79. The number of halogens is 1. The average molecular weight is 281 g/mol. The molecule has 96 valence electrons. The summed E-state index contributed by atoms with van der Waals surface area (Å²) >= 11 is 7.88. The van der Waals surface area contributed by atoms with Crippen LogP contribution in [0.2, 0.25) is 5.02 Å². The first-order valence-corrected chi connectivity index (χ1v) is 7.40. The van der Waals surface area contributed by atoms with Crippen LogP contribution in [0.25, 0.3) is 0 Å². The highest BCUT2D eigenvalue weighted by atomic mass is 35.5. The fraction of sp³-hybridized carbons (Fsp3) is 0.357. The lowest BCUT2D eigenvalue weighted by atomic mass is 10.1. The lowest BCUT2D eigenvalue weighted by Crippen LogP contribution is -2.33. The number of nitrogens with one attached hydrogen (secondary N) is 1. The highest BCUT2D eigenvalue weighted by molar-refractivity contribution is 7.10. The molecule has 1 atom stereocenters. The standard InChI is InChI=1S/C14H17ClN2S/c1-2-16-12(9-11-5-3-4-7-17-11)10-14-13(15)6-8-18-14/h3-8,12,16H,2,9-10H2,1H3. The molecule has 0 fully saturated rings. The molecule has 2 nitrogen and oxygen atoms in total. The molecule has 18 heavy (non-hydrogen) atoms. The monoisotopic (exact) mass is 280 g/mol. The topological polar surface area (TPSA) is 24.9 Å². The van der Waals surface area contributed by atoms with E-state index in [2.05, 4.69) is 23.3 Å². The van der Waals surface area contributed by atoms with Crippen molar-refractivity contribution < 1.29 is 0 Å². The van der Waals surface area contributed by atoms with Crippen molar-refractivity contribution in [3.05, 3.63) is 51.4 Å².